The summed E-state index contributed by atoms with van der Waals surface area (Å²) in [6.45, 7) is 6.65. The number of rotatable bonds is 18. The highest BCUT2D eigenvalue weighted by molar-refractivity contribution is 5.64. The molecule has 1 rings (SSSR count). The maximum Gasteiger partial charge on any atom is 0.514 e. The summed E-state index contributed by atoms with van der Waals surface area (Å²) in [6, 6.07) is 6.31. The van der Waals surface area contributed by atoms with Crippen LogP contribution in [0.3, 0.4) is 0 Å². The largest absolute Gasteiger partial charge is 0.514 e. The first-order valence-electron chi connectivity index (χ1n) is 12.7. The van der Waals surface area contributed by atoms with E-state index in [0.29, 0.717) is 5.75 Å². The summed E-state index contributed by atoms with van der Waals surface area (Å²) in [5.74, 6) is 0.391. The Hall–Kier alpha value is -1.71. The molecule has 0 heterocycles. The molecule has 0 radical (unpaired) electrons. The van der Waals surface area contributed by atoms with Crippen molar-refractivity contribution in [3.63, 3.8) is 0 Å². The highest BCUT2D eigenvalue weighted by Gasteiger charge is 2.34. The molecular formula is C27H46O4. The van der Waals surface area contributed by atoms with E-state index in [1.807, 2.05) is 0 Å². The van der Waals surface area contributed by atoms with Crippen LogP contribution < -0.4 is 4.74 Å². The molecule has 0 aliphatic heterocycles. The van der Waals surface area contributed by atoms with Gasteiger partial charge >= 0.3 is 6.16 Å². The Kier molecular flexibility index (Phi) is 14.9. The van der Waals surface area contributed by atoms with E-state index in [1.54, 1.807) is 18.2 Å². The number of ether oxygens (including phenoxy) is 2. The second-order valence-corrected chi connectivity index (χ2v) is 8.92. The number of hydrogen-bond donors (Lipinski definition) is 1. The summed E-state index contributed by atoms with van der Waals surface area (Å²) in [7, 11) is 0. The molecule has 0 aromatic heterocycles. The van der Waals surface area contributed by atoms with Crippen LogP contribution in [0.15, 0.2) is 24.3 Å². The summed E-state index contributed by atoms with van der Waals surface area (Å²) in [5.41, 5.74) is -0.443. The van der Waals surface area contributed by atoms with Crippen molar-refractivity contribution in [3.05, 3.63) is 24.3 Å². The summed E-state index contributed by atoms with van der Waals surface area (Å²) >= 11 is 0. The van der Waals surface area contributed by atoms with Gasteiger partial charge in [0.2, 0.25) is 0 Å². The van der Waals surface area contributed by atoms with E-state index in [-0.39, 0.29) is 5.75 Å². The molecule has 0 spiro atoms. The van der Waals surface area contributed by atoms with Crippen molar-refractivity contribution in [1.82, 2.24) is 0 Å². The third-order valence-corrected chi connectivity index (χ3v) is 6.03. The van der Waals surface area contributed by atoms with Crippen molar-refractivity contribution >= 4 is 6.16 Å². The number of benzene rings is 1. The minimum Gasteiger partial charge on any atom is -0.508 e. The average molecular weight is 435 g/mol. The molecule has 0 saturated heterocycles. The number of carbonyl (C=O) groups excluding carboxylic acids is 1. The number of aromatic hydroxyl groups is 1. The van der Waals surface area contributed by atoms with Crippen LogP contribution in [0.25, 0.3) is 0 Å². The van der Waals surface area contributed by atoms with Crippen LogP contribution in [-0.2, 0) is 4.74 Å². The lowest BCUT2D eigenvalue weighted by Crippen LogP contribution is -2.36. The minimum atomic E-state index is -0.651. The van der Waals surface area contributed by atoms with E-state index >= 15 is 0 Å². The first-order valence-corrected chi connectivity index (χ1v) is 12.7. The molecular weight excluding hydrogens is 388 g/mol. The van der Waals surface area contributed by atoms with Gasteiger partial charge in [-0.25, -0.2) is 4.79 Å². The van der Waals surface area contributed by atoms with Gasteiger partial charge in [-0.2, -0.15) is 0 Å². The summed E-state index contributed by atoms with van der Waals surface area (Å²) in [5, 5.41) is 9.63. The second kappa shape index (κ2) is 16.9. The molecule has 4 heteroatoms. The van der Waals surface area contributed by atoms with Gasteiger partial charge in [0.1, 0.15) is 17.1 Å². The van der Waals surface area contributed by atoms with Gasteiger partial charge in [0.05, 0.1) is 0 Å². The van der Waals surface area contributed by atoms with Crippen molar-refractivity contribution in [3.8, 4) is 11.5 Å². The van der Waals surface area contributed by atoms with Crippen molar-refractivity contribution in [2.75, 3.05) is 0 Å². The molecule has 0 atom stereocenters. The molecule has 0 aliphatic carbocycles. The lowest BCUT2D eigenvalue weighted by molar-refractivity contribution is -0.0355. The minimum absolute atomic E-state index is 0.0746. The summed E-state index contributed by atoms with van der Waals surface area (Å²) in [4.78, 5) is 12.7. The predicted octanol–water partition coefficient (Wildman–Crippen LogP) is 8.95. The Morgan fingerprint density at radius 1 is 0.774 bits per heavy atom. The lowest BCUT2D eigenvalue weighted by atomic mass is 9.85. The molecule has 4 nitrogen and oxygen atoms in total. The van der Waals surface area contributed by atoms with Gasteiger partial charge < -0.3 is 14.6 Å². The SMILES string of the molecule is CCCCCCCCCC(CCCCC)(CCCCC)OC(=O)Oc1cccc(O)c1. The monoisotopic (exact) mass is 434 g/mol. The van der Waals surface area contributed by atoms with Crippen LogP contribution in [0.2, 0.25) is 0 Å². The maximum absolute atomic E-state index is 12.7. The second-order valence-electron chi connectivity index (χ2n) is 8.92. The molecule has 0 saturated carbocycles. The Morgan fingerprint density at radius 2 is 1.26 bits per heavy atom. The van der Waals surface area contributed by atoms with Gasteiger partial charge in [-0.1, -0.05) is 91.0 Å². The standard InChI is InChI=1S/C27H46O4/c1-4-7-10-11-12-13-16-22-27(20-14-8-5-2,21-15-9-6-3)31-26(29)30-25-19-17-18-24(28)23-25/h17-19,23,28H,4-16,20-22H2,1-3H3. The molecule has 1 aromatic carbocycles. The molecule has 0 unspecified atom stereocenters. The summed E-state index contributed by atoms with van der Waals surface area (Å²) in [6.07, 6.45) is 17.5. The Bertz CT molecular complexity index is 574. The van der Waals surface area contributed by atoms with Crippen LogP contribution in [0, 0.1) is 0 Å². The average Bonchev–Trinajstić information content (AvgIpc) is 2.73. The van der Waals surface area contributed by atoms with Gasteiger partial charge in [0.15, 0.2) is 0 Å². The van der Waals surface area contributed by atoms with E-state index in [0.717, 1.165) is 64.2 Å². The Morgan fingerprint density at radius 3 is 1.81 bits per heavy atom. The number of carbonyl (C=O) groups is 1. The van der Waals surface area contributed by atoms with Crippen LogP contribution >= 0.6 is 0 Å². The highest BCUT2D eigenvalue weighted by Crippen LogP contribution is 2.33. The fraction of sp³-hybridized carbons (Fsp3) is 0.741. The number of unbranched alkanes of at least 4 members (excludes halogenated alkanes) is 10. The van der Waals surface area contributed by atoms with E-state index in [2.05, 4.69) is 20.8 Å². The fourth-order valence-electron chi connectivity index (χ4n) is 4.17. The smallest absolute Gasteiger partial charge is 0.508 e. The third-order valence-electron chi connectivity index (χ3n) is 6.03. The summed E-state index contributed by atoms with van der Waals surface area (Å²) < 4.78 is 11.5. The highest BCUT2D eigenvalue weighted by atomic mass is 16.7. The normalized spacial score (nSPS) is 11.5. The number of hydrogen-bond acceptors (Lipinski definition) is 4. The first kappa shape index (κ1) is 27.3. The van der Waals surface area contributed by atoms with Crippen LogP contribution in [0.5, 0.6) is 11.5 Å². The molecule has 31 heavy (non-hydrogen) atoms. The molecule has 0 bridgehead atoms. The van der Waals surface area contributed by atoms with Crippen molar-refractivity contribution in [2.45, 2.75) is 129 Å². The van der Waals surface area contributed by atoms with Crippen molar-refractivity contribution in [2.24, 2.45) is 0 Å². The molecule has 0 amide bonds. The predicted molar refractivity (Wildman–Crippen MR) is 129 cm³/mol. The molecule has 1 aromatic rings. The van der Waals surface area contributed by atoms with Crippen molar-refractivity contribution < 1.29 is 19.4 Å². The first-order chi connectivity index (χ1) is 15.0. The molecule has 178 valence electrons. The van der Waals surface area contributed by atoms with Gasteiger partial charge in [-0.3, -0.25) is 0 Å². The van der Waals surface area contributed by atoms with Gasteiger partial charge in [0.25, 0.3) is 0 Å². The fourth-order valence-corrected chi connectivity index (χ4v) is 4.17. The third kappa shape index (κ3) is 12.7. The van der Waals surface area contributed by atoms with Crippen LogP contribution in [0.1, 0.15) is 124 Å². The zero-order chi connectivity index (χ0) is 22.8. The van der Waals surface area contributed by atoms with Gasteiger partial charge in [0, 0.05) is 6.07 Å². The van der Waals surface area contributed by atoms with E-state index in [1.165, 1.54) is 44.6 Å². The maximum atomic E-state index is 12.7. The Balaban J connectivity index is 2.75. The number of phenolic OH excluding ortho intramolecular Hbond substituents is 1. The zero-order valence-electron chi connectivity index (χ0n) is 20.3. The molecule has 1 N–H and O–H groups in total. The molecule has 0 fully saturated rings. The topological polar surface area (TPSA) is 55.8 Å². The number of phenols is 1. The lowest BCUT2D eigenvalue weighted by Gasteiger charge is -2.33. The van der Waals surface area contributed by atoms with Gasteiger partial charge in [-0.15, -0.1) is 0 Å². The van der Waals surface area contributed by atoms with Gasteiger partial charge in [-0.05, 0) is 50.7 Å². The molecule has 0 aliphatic rings. The quantitative estimate of drug-likeness (QED) is 0.142. The van der Waals surface area contributed by atoms with Crippen molar-refractivity contribution in [1.29, 1.82) is 0 Å². The van der Waals surface area contributed by atoms with E-state index in [9.17, 15) is 9.90 Å². The van der Waals surface area contributed by atoms with Crippen LogP contribution in [-0.4, -0.2) is 16.9 Å². The van der Waals surface area contributed by atoms with E-state index < -0.39 is 11.8 Å². The van der Waals surface area contributed by atoms with Crippen LogP contribution in [0.4, 0.5) is 4.79 Å². The Labute approximate surface area is 190 Å². The van der Waals surface area contributed by atoms with E-state index in [4.69, 9.17) is 9.47 Å². The zero-order valence-corrected chi connectivity index (χ0v) is 20.3.